The molecule has 0 aromatic rings. The number of nitrogens with one attached hydrogen (secondary N) is 1. The van der Waals surface area contributed by atoms with Gasteiger partial charge < -0.3 is 40.3 Å². The number of ether oxygens (including phenoxy) is 2. The molecule has 0 bridgehead atoms. The summed E-state index contributed by atoms with van der Waals surface area (Å²) in [5.74, 6) is -0.199. The summed E-state index contributed by atoms with van der Waals surface area (Å²) in [6.07, 6.45) is 20.7. The predicted molar refractivity (Wildman–Crippen MR) is 170 cm³/mol. The van der Waals surface area contributed by atoms with Crippen LogP contribution in [-0.2, 0) is 14.3 Å². The van der Waals surface area contributed by atoms with Crippen molar-refractivity contribution < 1.29 is 39.8 Å². The van der Waals surface area contributed by atoms with Crippen molar-refractivity contribution in [1.29, 1.82) is 0 Å². The molecule has 1 aliphatic heterocycles. The molecule has 0 aromatic heterocycles. The Morgan fingerprint density at radius 3 is 1.95 bits per heavy atom. The van der Waals surface area contributed by atoms with E-state index in [1.54, 1.807) is 6.08 Å². The van der Waals surface area contributed by atoms with E-state index in [2.05, 4.69) is 30.5 Å². The van der Waals surface area contributed by atoms with Gasteiger partial charge in [-0.15, -0.1) is 0 Å². The van der Waals surface area contributed by atoms with Crippen LogP contribution >= 0.6 is 0 Å². The van der Waals surface area contributed by atoms with Crippen molar-refractivity contribution in [3.63, 3.8) is 0 Å². The lowest BCUT2D eigenvalue weighted by molar-refractivity contribution is -0.302. The second-order valence-electron chi connectivity index (χ2n) is 11.6. The van der Waals surface area contributed by atoms with Crippen molar-refractivity contribution in [2.45, 2.75) is 159 Å². The van der Waals surface area contributed by atoms with Crippen molar-refractivity contribution in [2.24, 2.45) is 0 Å². The van der Waals surface area contributed by atoms with E-state index in [-0.39, 0.29) is 12.5 Å². The average molecular weight is 612 g/mol. The quantitative estimate of drug-likeness (QED) is 0.0648. The standard InChI is InChI=1S/C34H61NO8/c1-3-5-7-9-11-13-14-16-18-20-22-24-30(38)35-27(28(37)23-21-19-17-15-12-10-8-6-4-2)26-42-34-33(41)32(40)31(39)29(25-36)43-34/h4,6,12,15,21,23,27-29,31-34,36-37,39-41H,3,5,7-11,13-14,16-20,22,24-26H2,1-2H3,(H,35,38)/b6-4+,15-12+,23-21+. The topological polar surface area (TPSA) is 149 Å². The highest BCUT2D eigenvalue weighted by atomic mass is 16.7. The summed E-state index contributed by atoms with van der Waals surface area (Å²) in [4.78, 5) is 12.7. The first-order valence-corrected chi connectivity index (χ1v) is 16.7. The van der Waals surface area contributed by atoms with Crippen molar-refractivity contribution in [3.8, 4) is 0 Å². The molecule has 0 aromatic carbocycles. The fraction of sp³-hybridized carbons (Fsp3) is 0.794. The number of hydrogen-bond acceptors (Lipinski definition) is 8. The Hall–Kier alpha value is -1.59. The van der Waals surface area contributed by atoms with E-state index in [1.165, 1.54) is 51.4 Å². The number of allylic oxidation sites excluding steroid dienone is 5. The Balaban J connectivity index is 2.55. The van der Waals surface area contributed by atoms with E-state index in [9.17, 15) is 30.3 Å². The van der Waals surface area contributed by atoms with Gasteiger partial charge in [0.2, 0.25) is 5.91 Å². The van der Waals surface area contributed by atoms with Crippen LogP contribution in [0.25, 0.3) is 0 Å². The van der Waals surface area contributed by atoms with E-state index in [0.29, 0.717) is 6.42 Å². The van der Waals surface area contributed by atoms with E-state index >= 15 is 0 Å². The molecule has 0 saturated carbocycles. The summed E-state index contributed by atoms with van der Waals surface area (Å²) in [5, 5.41) is 53.5. The summed E-state index contributed by atoms with van der Waals surface area (Å²) in [5.41, 5.74) is 0. The Morgan fingerprint density at radius 1 is 0.814 bits per heavy atom. The van der Waals surface area contributed by atoms with E-state index in [4.69, 9.17) is 9.47 Å². The second-order valence-corrected chi connectivity index (χ2v) is 11.6. The minimum atomic E-state index is -1.57. The van der Waals surface area contributed by atoms with Gasteiger partial charge in [0.15, 0.2) is 6.29 Å². The highest BCUT2D eigenvalue weighted by molar-refractivity contribution is 5.76. The van der Waals surface area contributed by atoms with Gasteiger partial charge in [-0.1, -0.05) is 108 Å². The van der Waals surface area contributed by atoms with Crippen LogP contribution in [0.5, 0.6) is 0 Å². The lowest BCUT2D eigenvalue weighted by Gasteiger charge is -2.40. The van der Waals surface area contributed by atoms with Gasteiger partial charge in [0.05, 0.1) is 25.4 Å². The molecule has 1 rings (SSSR count). The molecule has 1 saturated heterocycles. The highest BCUT2D eigenvalue weighted by Gasteiger charge is 2.44. The molecule has 43 heavy (non-hydrogen) atoms. The number of carbonyl (C=O) groups is 1. The van der Waals surface area contributed by atoms with Crippen LogP contribution in [0.1, 0.15) is 117 Å². The predicted octanol–water partition coefficient (Wildman–Crippen LogP) is 4.60. The Labute approximate surface area is 260 Å². The SMILES string of the molecule is C/C=C/CC/C=C/CC/C=C/C(O)C(COC1OC(CO)C(O)C(O)C1O)NC(=O)CCCCCCCCCCCCC. The minimum Gasteiger partial charge on any atom is -0.394 e. The van der Waals surface area contributed by atoms with Crippen molar-refractivity contribution >= 4 is 5.91 Å². The minimum absolute atomic E-state index is 0.199. The molecule has 7 unspecified atom stereocenters. The first kappa shape index (κ1) is 39.4. The van der Waals surface area contributed by atoms with Crippen molar-refractivity contribution in [1.82, 2.24) is 5.32 Å². The average Bonchev–Trinajstić information content (AvgIpc) is 3.00. The Bertz CT molecular complexity index is 771. The number of unbranched alkanes of at least 4 members (excludes halogenated alkanes) is 12. The third-order valence-electron chi connectivity index (χ3n) is 7.79. The molecule has 1 amide bonds. The number of hydrogen-bond donors (Lipinski definition) is 6. The Morgan fingerprint density at radius 2 is 1.37 bits per heavy atom. The van der Waals surface area contributed by atoms with Gasteiger partial charge in [-0.2, -0.15) is 0 Å². The summed E-state index contributed by atoms with van der Waals surface area (Å²) in [6.45, 7) is 3.46. The third kappa shape index (κ3) is 18.1. The van der Waals surface area contributed by atoms with Crippen LogP contribution in [0.2, 0.25) is 0 Å². The Kier molecular flexibility index (Phi) is 23.6. The number of aliphatic hydroxyl groups is 5. The largest absolute Gasteiger partial charge is 0.394 e. The normalized spacial score (nSPS) is 24.3. The second kappa shape index (κ2) is 25.7. The van der Waals surface area contributed by atoms with E-state index in [1.807, 2.05) is 19.1 Å². The van der Waals surface area contributed by atoms with Gasteiger partial charge >= 0.3 is 0 Å². The molecule has 6 N–H and O–H groups in total. The summed E-state index contributed by atoms with van der Waals surface area (Å²) in [6, 6.07) is -0.819. The third-order valence-corrected chi connectivity index (χ3v) is 7.79. The first-order chi connectivity index (χ1) is 20.8. The van der Waals surface area contributed by atoms with Gasteiger partial charge in [-0.3, -0.25) is 4.79 Å². The highest BCUT2D eigenvalue weighted by Crippen LogP contribution is 2.22. The maximum atomic E-state index is 12.7. The van der Waals surface area contributed by atoms with Crippen LogP contribution in [0.15, 0.2) is 36.5 Å². The first-order valence-electron chi connectivity index (χ1n) is 16.7. The number of rotatable bonds is 25. The molecule has 0 aliphatic carbocycles. The molecule has 0 spiro atoms. The zero-order chi connectivity index (χ0) is 31.7. The maximum absolute atomic E-state index is 12.7. The molecular formula is C34H61NO8. The van der Waals surface area contributed by atoms with Crippen molar-refractivity contribution in [3.05, 3.63) is 36.5 Å². The van der Waals surface area contributed by atoms with Crippen LogP contribution < -0.4 is 5.32 Å². The molecule has 250 valence electrons. The van der Waals surface area contributed by atoms with Crippen LogP contribution in [0, 0.1) is 0 Å². The zero-order valence-electron chi connectivity index (χ0n) is 26.7. The van der Waals surface area contributed by atoms with Gasteiger partial charge in [-0.25, -0.2) is 0 Å². The fourth-order valence-corrected chi connectivity index (χ4v) is 5.02. The van der Waals surface area contributed by atoms with Crippen LogP contribution in [0.3, 0.4) is 0 Å². The molecule has 0 radical (unpaired) electrons. The van der Waals surface area contributed by atoms with Crippen LogP contribution in [-0.4, -0.2) is 87.5 Å². The lowest BCUT2D eigenvalue weighted by atomic mass is 9.99. The molecule has 9 heteroatoms. The molecule has 9 nitrogen and oxygen atoms in total. The molecule has 1 aliphatic rings. The number of amides is 1. The van der Waals surface area contributed by atoms with Gasteiger partial charge in [0.25, 0.3) is 0 Å². The van der Waals surface area contributed by atoms with Gasteiger partial charge in [-0.05, 0) is 39.0 Å². The summed E-state index contributed by atoms with van der Waals surface area (Å²) in [7, 11) is 0. The maximum Gasteiger partial charge on any atom is 0.220 e. The fourth-order valence-electron chi connectivity index (χ4n) is 5.02. The van der Waals surface area contributed by atoms with Crippen LogP contribution in [0.4, 0.5) is 0 Å². The van der Waals surface area contributed by atoms with E-state index in [0.717, 1.165) is 44.9 Å². The molecule has 1 heterocycles. The number of carbonyl (C=O) groups excluding carboxylic acids is 1. The molecule has 7 atom stereocenters. The molecule has 1 fully saturated rings. The molecular weight excluding hydrogens is 550 g/mol. The van der Waals surface area contributed by atoms with Crippen molar-refractivity contribution in [2.75, 3.05) is 13.2 Å². The van der Waals surface area contributed by atoms with Gasteiger partial charge in [0.1, 0.15) is 24.4 Å². The number of aliphatic hydroxyl groups excluding tert-OH is 5. The summed E-state index contributed by atoms with van der Waals surface area (Å²) < 4.78 is 11.1. The smallest absolute Gasteiger partial charge is 0.220 e. The monoisotopic (exact) mass is 611 g/mol. The van der Waals surface area contributed by atoms with Gasteiger partial charge in [0, 0.05) is 6.42 Å². The van der Waals surface area contributed by atoms with E-state index < -0.39 is 49.5 Å². The zero-order valence-corrected chi connectivity index (χ0v) is 26.7. The summed E-state index contributed by atoms with van der Waals surface area (Å²) >= 11 is 0. The lowest BCUT2D eigenvalue weighted by Crippen LogP contribution is -2.60.